The van der Waals surface area contributed by atoms with Crippen LogP contribution in [-0.4, -0.2) is 30.0 Å². The molecule has 0 atom stereocenters. The van der Waals surface area contributed by atoms with E-state index in [0.717, 1.165) is 24.0 Å². The number of nitriles is 1. The van der Waals surface area contributed by atoms with Crippen molar-refractivity contribution in [3.05, 3.63) is 66.7 Å². The molecular formula is C21H20N2O2. The number of hydrogen-bond acceptors (Lipinski definition) is 3. The zero-order valence-corrected chi connectivity index (χ0v) is 14.0. The van der Waals surface area contributed by atoms with Gasteiger partial charge in [0.25, 0.3) is 0 Å². The number of carbonyl (C=O) groups excluding carboxylic acids is 1. The van der Waals surface area contributed by atoms with Crippen molar-refractivity contribution in [3.8, 4) is 22.9 Å². The lowest BCUT2D eigenvalue weighted by atomic mass is 10.0. The second-order valence-electron chi connectivity index (χ2n) is 6.04. The van der Waals surface area contributed by atoms with Crippen molar-refractivity contribution in [2.45, 2.75) is 18.9 Å². The van der Waals surface area contributed by atoms with Crippen LogP contribution in [0.3, 0.4) is 0 Å². The van der Waals surface area contributed by atoms with Gasteiger partial charge in [-0.05, 0) is 29.3 Å². The summed E-state index contributed by atoms with van der Waals surface area (Å²) in [6.07, 6.45) is 2.87. The van der Waals surface area contributed by atoms with E-state index in [0.29, 0.717) is 24.4 Å². The van der Waals surface area contributed by atoms with Crippen molar-refractivity contribution < 1.29 is 9.53 Å². The van der Waals surface area contributed by atoms with Crippen LogP contribution in [0.1, 0.15) is 18.4 Å². The van der Waals surface area contributed by atoms with Gasteiger partial charge in [-0.1, -0.05) is 43.0 Å². The molecule has 0 bridgehead atoms. The van der Waals surface area contributed by atoms with E-state index in [4.69, 9.17) is 4.74 Å². The first-order valence-electron chi connectivity index (χ1n) is 8.39. The fourth-order valence-electron chi connectivity index (χ4n) is 3.03. The topological polar surface area (TPSA) is 53.3 Å². The Balaban J connectivity index is 1.70. The maximum atomic E-state index is 11.6. The fraction of sp³-hybridized carbons (Fsp3) is 0.238. The summed E-state index contributed by atoms with van der Waals surface area (Å²) < 4.78 is 6.04. The van der Waals surface area contributed by atoms with Gasteiger partial charge in [0.15, 0.2) is 0 Å². The van der Waals surface area contributed by atoms with Gasteiger partial charge in [-0.25, -0.2) is 0 Å². The molecular weight excluding hydrogens is 312 g/mol. The summed E-state index contributed by atoms with van der Waals surface area (Å²) in [5.74, 6) is 0.569. The largest absolute Gasteiger partial charge is 0.489 e. The number of rotatable bonds is 4. The summed E-state index contributed by atoms with van der Waals surface area (Å²) >= 11 is 0. The molecule has 0 spiro atoms. The normalized spacial score (nSPS) is 14.6. The number of ether oxygens (including phenoxy) is 1. The molecule has 0 unspecified atom stereocenters. The lowest BCUT2D eigenvalue weighted by molar-refractivity contribution is -0.127. The predicted octanol–water partition coefficient (Wildman–Crippen LogP) is 3.78. The van der Waals surface area contributed by atoms with E-state index in [2.05, 4.69) is 12.6 Å². The lowest BCUT2D eigenvalue weighted by Crippen LogP contribution is -2.41. The van der Waals surface area contributed by atoms with Crippen molar-refractivity contribution >= 4 is 5.91 Å². The van der Waals surface area contributed by atoms with Crippen LogP contribution in [0.15, 0.2) is 61.2 Å². The molecule has 1 fully saturated rings. The highest BCUT2D eigenvalue weighted by atomic mass is 16.5. The minimum Gasteiger partial charge on any atom is -0.489 e. The molecule has 126 valence electrons. The quantitative estimate of drug-likeness (QED) is 0.801. The first kappa shape index (κ1) is 16.8. The van der Waals surface area contributed by atoms with Crippen LogP contribution in [-0.2, 0) is 4.79 Å². The zero-order chi connectivity index (χ0) is 17.6. The molecule has 2 aromatic rings. The van der Waals surface area contributed by atoms with Crippen LogP contribution < -0.4 is 4.74 Å². The monoisotopic (exact) mass is 332 g/mol. The SMILES string of the molecule is C=CC(=O)N1CCC(Oc2ccc(-c3ccccc3)cc2C#N)CC1. The van der Waals surface area contributed by atoms with Crippen molar-refractivity contribution in [2.24, 2.45) is 0 Å². The first-order valence-corrected chi connectivity index (χ1v) is 8.39. The Morgan fingerprint density at radius 3 is 2.52 bits per heavy atom. The Hall–Kier alpha value is -3.06. The minimum absolute atomic E-state index is 0.0172. The number of amides is 1. The van der Waals surface area contributed by atoms with Gasteiger partial charge in [-0.2, -0.15) is 5.26 Å². The highest BCUT2D eigenvalue weighted by Crippen LogP contribution is 2.28. The molecule has 1 aliphatic rings. The van der Waals surface area contributed by atoms with Gasteiger partial charge in [0.1, 0.15) is 17.9 Å². The standard InChI is InChI=1S/C21H20N2O2/c1-2-21(24)23-12-10-19(11-13-23)25-20-9-8-17(14-18(20)15-22)16-6-4-3-5-7-16/h2-9,14,19H,1,10-13H2. The average molecular weight is 332 g/mol. The van der Waals surface area contributed by atoms with Crippen LogP contribution in [0.2, 0.25) is 0 Å². The summed E-state index contributed by atoms with van der Waals surface area (Å²) in [4.78, 5) is 13.4. The molecule has 0 radical (unpaired) electrons. The maximum Gasteiger partial charge on any atom is 0.245 e. The second kappa shape index (κ2) is 7.67. The third kappa shape index (κ3) is 3.89. The van der Waals surface area contributed by atoms with E-state index in [1.54, 1.807) is 4.90 Å². The number of nitrogens with zero attached hydrogens (tertiary/aromatic N) is 2. The summed E-state index contributed by atoms with van der Waals surface area (Å²) in [5.41, 5.74) is 2.60. The summed E-state index contributed by atoms with van der Waals surface area (Å²) in [6, 6.07) is 17.9. The molecule has 1 heterocycles. The molecule has 1 amide bonds. The third-order valence-corrected chi connectivity index (χ3v) is 4.43. The van der Waals surface area contributed by atoms with Gasteiger partial charge in [-0.15, -0.1) is 0 Å². The highest BCUT2D eigenvalue weighted by Gasteiger charge is 2.23. The Bertz CT molecular complexity index is 800. The van der Waals surface area contributed by atoms with Gasteiger partial charge in [-0.3, -0.25) is 4.79 Å². The van der Waals surface area contributed by atoms with E-state index in [9.17, 15) is 10.1 Å². The van der Waals surface area contributed by atoms with Gasteiger partial charge in [0.2, 0.25) is 5.91 Å². The van der Waals surface area contributed by atoms with Crippen LogP contribution in [0, 0.1) is 11.3 Å². The smallest absolute Gasteiger partial charge is 0.245 e. The Kier molecular flexibility index (Phi) is 5.15. The zero-order valence-electron chi connectivity index (χ0n) is 14.0. The van der Waals surface area contributed by atoms with E-state index in [-0.39, 0.29) is 12.0 Å². The molecule has 1 saturated heterocycles. The highest BCUT2D eigenvalue weighted by molar-refractivity contribution is 5.87. The molecule has 4 heteroatoms. The number of carbonyl (C=O) groups is 1. The Labute approximate surface area is 148 Å². The van der Waals surface area contributed by atoms with Crippen LogP contribution in [0.25, 0.3) is 11.1 Å². The van der Waals surface area contributed by atoms with E-state index < -0.39 is 0 Å². The molecule has 25 heavy (non-hydrogen) atoms. The minimum atomic E-state index is -0.0385. The number of benzene rings is 2. The second-order valence-corrected chi connectivity index (χ2v) is 6.04. The van der Waals surface area contributed by atoms with E-state index in [1.807, 2.05) is 48.5 Å². The lowest BCUT2D eigenvalue weighted by Gasteiger charge is -2.31. The van der Waals surface area contributed by atoms with Gasteiger partial charge >= 0.3 is 0 Å². The van der Waals surface area contributed by atoms with Crippen LogP contribution in [0.5, 0.6) is 5.75 Å². The molecule has 2 aromatic carbocycles. The molecule has 0 aliphatic carbocycles. The van der Waals surface area contributed by atoms with E-state index in [1.165, 1.54) is 6.08 Å². The average Bonchev–Trinajstić information content (AvgIpc) is 2.69. The molecule has 3 rings (SSSR count). The van der Waals surface area contributed by atoms with Gasteiger partial charge in [0, 0.05) is 25.9 Å². The molecule has 1 aliphatic heterocycles. The summed E-state index contributed by atoms with van der Waals surface area (Å²) in [7, 11) is 0. The van der Waals surface area contributed by atoms with Crippen molar-refractivity contribution in [2.75, 3.05) is 13.1 Å². The van der Waals surface area contributed by atoms with Crippen LogP contribution >= 0.6 is 0 Å². The van der Waals surface area contributed by atoms with Crippen LogP contribution in [0.4, 0.5) is 0 Å². The molecule has 0 N–H and O–H groups in total. The predicted molar refractivity (Wildman–Crippen MR) is 97.0 cm³/mol. The maximum absolute atomic E-state index is 11.6. The summed E-state index contributed by atoms with van der Waals surface area (Å²) in [5, 5.41) is 9.47. The summed E-state index contributed by atoms with van der Waals surface area (Å²) in [6.45, 7) is 4.82. The van der Waals surface area contributed by atoms with Crippen molar-refractivity contribution in [3.63, 3.8) is 0 Å². The molecule has 0 aromatic heterocycles. The third-order valence-electron chi connectivity index (χ3n) is 4.43. The van der Waals surface area contributed by atoms with Crippen molar-refractivity contribution in [1.29, 1.82) is 5.26 Å². The van der Waals surface area contributed by atoms with Crippen molar-refractivity contribution in [1.82, 2.24) is 4.90 Å². The molecule has 0 saturated carbocycles. The first-order chi connectivity index (χ1) is 12.2. The number of piperidine rings is 1. The fourth-order valence-corrected chi connectivity index (χ4v) is 3.03. The van der Waals surface area contributed by atoms with Gasteiger partial charge < -0.3 is 9.64 Å². The van der Waals surface area contributed by atoms with Gasteiger partial charge in [0.05, 0.1) is 5.56 Å². The number of hydrogen-bond donors (Lipinski definition) is 0. The Morgan fingerprint density at radius 2 is 1.88 bits per heavy atom. The van der Waals surface area contributed by atoms with E-state index >= 15 is 0 Å². The number of likely N-dealkylation sites (tertiary alicyclic amines) is 1. The molecule has 4 nitrogen and oxygen atoms in total. The Morgan fingerprint density at radius 1 is 1.16 bits per heavy atom.